The summed E-state index contributed by atoms with van der Waals surface area (Å²) >= 11 is 0. The van der Waals surface area contributed by atoms with Crippen molar-refractivity contribution in [3.05, 3.63) is 54.5 Å². The maximum absolute atomic E-state index is 9.73. The number of aryl methyl sites for hydroxylation is 1. The Balaban J connectivity index is 1.41. The second-order valence-corrected chi connectivity index (χ2v) is 8.25. The average molecular weight is 395 g/mol. The van der Waals surface area contributed by atoms with Crippen molar-refractivity contribution < 1.29 is 0 Å². The summed E-state index contributed by atoms with van der Waals surface area (Å²) in [5.74, 6) is 0. The van der Waals surface area contributed by atoms with Crippen molar-refractivity contribution in [2.75, 3.05) is 18.0 Å². The molecule has 3 fully saturated rings. The number of aromatic amines is 1. The fourth-order valence-corrected chi connectivity index (χ4v) is 4.75. The number of rotatable bonds is 3. The lowest BCUT2D eigenvalue weighted by atomic mass is 9.91. The number of hydrogen-bond acceptors (Lipinski definition) is 5. The van der Waals surface area contributed by atoms with E-state index < -0.39 is 0 Å². The van der Waals surface area contributed by atoms with Crippen molar-refractivity contribution in [3.63, 3.8) is 0 Å². The number of pyridine rings is 1. The Morgan fingerprint density at radius 3 is 2.53 bits per heavy atom. The molecule has 7 rings (SSSR count). The molecular formula is C23H21N7. The quantitative estimate of drug-likeness (QED) is 0.557. The Kier molecular flexibility index (Phi) is 3.70. The van der Waals surface area contributed by atoms with E-state index in [4.69, 9.17) is 0 Å². The number of H-pyrrole nitrogens is 1. The van der Waals surface area contributed by atoms with Crippen LogP contribution in [0.2, 0.25) is 0 Å². The number of nitriles is 1. The van der Waals surface area contributed by atoms with Gasteiger partial charge in [-0.25, -0.2) is 4.98 Å². The van der Waals surface area contributed by atoms with Crippen molar-refractivity contribution in [2.24, 2.45) is 7.05 Å². The van der Waals surface area contributed by atoms with Gasteiger partial charge < -0.3 is 15.2 Å². The first-order chi connectivity index (χ1) is 14.7. The lowest BCUT2D eigenvalue weighted by Crippen LogP contribution is -2.67. The summed E-state index contributed by atoms with van der Waals surface area (Å²) in [5.41, 5.74) is 6.47. The molecule has 148 valence electrons. The molecule has 7 nitrogen and oxygen atoms in total. The highest BCUT2D eigenvalue weighted by Gasteiger charge is 2.36. The Labute approximate surface area is 174 Å². The molecule has 7 heteroatoms. The monoisotopic (exact) mass is 395 g/mol. The minimum Gasteiger partial charge on any atom is -0.368 e. The van der Waals surface area contributed by atoms with E-state index in [1.54, 1.807) is 10.9 Å². The molecule has 3 aliphatic rings. The van der Waals surface area contributed by atoms with Crippen LogP contribution in [-0.2, 0) is 7.05 Å². The summed E-state index contributed by atoms with van der Waals surface area (Å²) in [7, 11) is 1.90. The van der Waals surface area contributed by atoms with E-state index in [1.165, 1.54) is 12.1 Å². The van der Waals surface area contributed by atoms with Crippen molar-refractivity contribution >= 4 is 16.7 Å². The number of nitrogens with zero attached hydrogens (tertiary/aromatic N) is 5. The van der Waals surface area contributed by atoms with Crippen LogP contribution in [-0.4, -0.2) is 44.9 Å². The van der Waals surface area contributed by atoms with E-state index in [9.17, 15) is 5.26 Å². The fourth-order valence-electron chi connectivity index (χ4n) is 4.75. The molecule has 3 aromatic heterocycles. The predicted octanol–water partition coefficient (Wildman–Crippen LogP) is 3.05. The van der Waals surface area contributed by atoms with Gasteiger partial charge in [-0.2, -0.15) is 10.4 Å². The first-order valence-electron chi connectivity index (χ1n) is 10.2. The zero-order valence-electron chi connectivity index (χ0n) is 16.6. The van der Waals surface area contributed by atoms with Crippen LogP contribution in [0.3, 0.4) is 0 Å². The van der Waals surface area contributed by atoms with Gasteiger partial charge in [-0.05, 0) is 30.2 Å². The number of nitrogens with one attached hydrogen (secondary N) is 2. The molecule has 1 aromatic carbocycles. The van der Waals surface area contributed by atoms with E-state index in [0.29, 0.717) is 17.6 Å². The van der Waals surface area contributed by atoms with E-state index in [0.717, 1.165) is 46.5 Å². The normalized spacial score (nSPS) is 20.2. The molecule has 3 saturated heterocycles. The van der Waals surface area contributed by atoms with Crippen LogP contribution in [0.1, 0.15) is 12.0 Å². The fraction of sp³-hybridized carbons (Fsp3) is 0.261. The summed E-state index contributed by atoms with van der Waals surface area (Å²) in [5, 5.41) is 18.5. The number of fused-ring (bicyclic) bond motifs is 3. The van der Waals surface area contributed by atoms with Crippen LogP contribution in [0.4, 0.5) is 5.69 Å². The van der Waals surface area contributed by atoms with Gasteiger partial charge in [0, 0.05) is 66.8 Å². The van der Waals surface area contributed by atoms with E-state index in [-0.39, 0.29) is 0 Å². The average Bonchev–Trinajstić information content (AvgIpc) is 3.38. The highest BCUT2D eigenvalue weighted by atomic mass is 15.3. The van der Waals surface area contributed by atoms with Gasteiger partial charge in [0.1, 0.15) is 11.7 Å². The first kappa shape index (κ1) is 17.2. The molecule has 3 aliphatic heterocycles. The molecule has 4 aromatic rings. The summed E-state index contributed by atoms with van der Waals surface area (Å²) < 4.78 is 1.77. The van der Waals surface area contributed by atoms with Gasteiger partial charge in [0.15, 0.2) is 0 Å². The molecule has 2 N–H and O–H groups in total. The van der Waals surface area contributed by atoms with Crippen molar-refractivity contribution in [3.8, 4) is 28.5 Å². The third kappa shape index (κ3) is 2.69. The molecule has 0 amide bonds. The lowest BCUT2D eigenvalue weighted by molar-refractivity contribution is 0.226. The minimum absolute atomic E-state index is 0.579. The SMILES string of the molecule is Cn1cc(-c2cc3c(-c4ccc(N5CC6CC(C5)N6)cc4)c(C#N)cnc3[nH]2)cn1. The molecule has 2 atom stereocenters. The first-order valence-corrected chi connectivity index (χ1v) is 10.2. The van der Waals surface area contributed by atoms with Crippen LogP contribution in [0.15, 0.2) is 48.9 Å². The predicted molar refractivity (Wildman–Crippen MR) is 116 cm³/mol. The Morgan fingerprint density at radius 2 is 1.87 bits per heavy atom. The van der Waals surface area contributed by atoms with Crippen LogP contribution < -0.4 is 10.2 Å². The van der Waals surface area contributed by atoms with Gasteiger partial charge in [-0.1, -0.05) is 12.1 Å². The second kappa shape index (κ2) is 6.44. The van der Waals surface area contributed by atoms with E-state index >= 15 is 0 Å². The van der Waals surface area contributed by atoms with Gasteiger partial charge >= 0.3 is 0 Å². The summed E-state index contributed by atoms with van der Waals surface area (Å²) in [6.45, 7) is 2.12. The Hall–Kier alpha value is -3.63. The van der Waals surface area contributed by atoms with Crippen LogP contribution in [0.25, 0.3) is 33.4 Å². The second-order valence-electron chi connectivity index (χ2n) is 8.25. The highest BCUT2D eigenvalue weighted by molar-refractivity contribution is 5.98. The Morgan fingerprint density at radius 1 is 1.10 bits per heavy atom. The maximum Gasteiger partial charge on any atom is 0.138 e. The van der Waals surface area contributed by atoms with Crippen molar-refractivity contribution in [1.82, 2.24) is 25.1 Å². The van der Waals surface area contributed by atoms with Crippen molar-refractivity contribution in [2.45, 2.75) is 18.5 Å². The van der Waals surface area contributed by atoms with Gasteiger partial charge in [-0.3, -0.25) is 4.68 Å². The third-order valence-corrected chi connectivity index (χ3v) is 6.24. The van der Waals surface area contributed by atoms with Crippen LogP contribution >= 0.6 is 0 Å². The summed E-state index contributed by atoms with van der Waals surface area (Å²) in [4.78, 5) is 10.3. The minimum atomic E-state index is 0.579. The molecule has 2 unspecified atom stereocenters. The number of aromatic nitrogens is 4. The van der Waals surface area contributed by atoms with Gasteiger partial charge in [-0.15, -0.1) is 0 Å². The number of hydrogen-bond donors (Lipinski definition) is 2. The Bertz CT molecular complexity index is 1280. The van der Waals surface area contributed by atoms with Gasteiger partial charge in [0.2, 0.25) is 0 Å². The number of anilines is 1. The topological polar surface area (TPSA) is 85.6 Å². The molecule has 0 aliphatic carbocycles. The van der Waals surface area contributed by atoms with E-state index in [2.05, 4.69) is 61.7 Å². The number of piperidine rings is 1. The number of piperazine rings is 1. The van der Waals surface area contributed by atoms with Crippen LogP contribution in [0.5, 0.6) is 0 Å². The molecule has 30 heavy (non-hydrogen) atoms. The number of benzene rings is 1. The summed E-state index contributed by atoms with van der Waals surface area (Å²) in [6, 6.07) is 14.2. The zero-order chi connectivity index (χ0) is 20.2. The standard InChI is InChI=1S/C23H21N7/c1-29-11-16(10-26-29)21-7-20-22(15(8-24)9-25-23(20)28-21)14-2-4-19(5-3-14)30-12-17-6-18(13-30)27-17/h2-5,7,9-11,17-18,27H,6,12-13H2,1H3,(H,25,28). The highest BCUT2D eigenvalue weighted by Crippen LogP contribution is 2.35. The largest absolute Gasteiger partial charge is 0.368 e. The molecule has 0 saturated carbocycles. The van der Waals surface area contributed by atoms with Crippen LogP contribution in [0, 0.1) is 11.3 Å². The third-order valence-electron chi connectivity index (χ3n) is 6.24. The molecular weight excluding hydrogens is 374 g/mol. The molecule has 0 spiro atoms. The smallest absolute Gasteiger partial charge is 0.138 e. The molecule has 2 bridgehead atoms. The lowest BCUT2D eigenvalue weighted by Gasteiger charge is -2.49. The zero-order valence-corrected chi connectivity index (χ0v) is 16.6. The van der Waals surface area contributed by atoms with Crippen molar-refractivity contribution in [1.29, 1.82) is 5.26 Å². The maximum atomic E-state index is 9.73. The summed E-state index contributed by atoms with van der Waals surface area (Å²) in [6.07, 6.45) is 6.73. The van der Waals surface area contributed by atoms with Gasteiger partial charge in [0.25, 0.3) is 0 Å². The molecule has 6 heterocycles. The van der Waals surface area contributed by atoms with E-state index in [1.807, 2.05) is 19.4 Å². The molecule has 0 radical (unpaired) electrons. The van der Waals surface area contributed by atoms with Gasteiger partial charge in [0.05, 0.1) is 17.5 Å².